The van der Waals surface area contributed by atoms with Crippen molar-refractivity contribution in [3.8, 4) is 0 Å². The van der Waals surface area contributed by atoms with Gasteiger partial charge in [-0.05, 0) is 37.6 Å². The highest BCUT2D eigenvalue weighted by molar-refractivity contribution is 5.97. The van der Waals surface area contributed by atoms with E-state index >= 15 is 0 Å². The molecular weight excluding hydrogens is 300 g/mol. The summed E-state index contributed by atoms with van der Waals surface area (Å²) in [7, 11) is 0. The topological polar surface area (TPSA) is 40.6 Å². The van der Waals surface area contributed by atoms with Crippen molar-refractivity contribution < 1.29 is 9.59 Å². The van der Waals surface area contributed by atoms with Gasteiger partial charge in [0.25, 0.3) is 11.8 Å². The molecule has 1 fully saturated rings. The minimum atomic E-state index is 0.0365. The van der Waals surface area contributed by atoms with E-state index in [2.05, 4.69) is 0 Å². The lowest BCUT2D eigenvalue weighted by molar-refractivity contribution is 0.0535. The van der Waals surface area contributed by atoms with Gasteiger partial charge in [-0.25, -0.2) is 0 Å². The van der Waals surface area contributed by atoms with Crippen LogP contribution in [0.3, 0.4) is 0 Å². The molecular formula is C20H22N2O2. The van der Waals surface area contributed by atoms with E-state index in [1.165, 1.54) is 0 Å². The second kappa shape index (κ2) is 6.87. The molecule has 0 aromatic heterocycles. The number of piperazine rings is 1. The summed E-state index contributed by atoms with van der Waals surface area (Å²) in [5.41, 5.74) is 3.54. The van der Waals surface area contributed by atoms with Gasteiger partial charge in [0.05, 0.1) is 0 Å². The number of hydrogen-bond acceptors (Lipinski definition) is 2. The van der Waals surface area contributed by atoms with Gasteiger partial charge >= 0.3 is 0 Å². The Morgan fingerprint density at radius 1 is 0.792 bits per heavy atom. The van der Waals surface area contributed by atoms with E-state index in [4.69, 9.17) is 0 Å². The van der Waals surface area contributed by atoms with Crippen molar-refractivity contribution in [3.63, 3.8) is 0 Å². The van der Waals surface area contributed by atoms with E-state index < -0.39 is 0 Å². The Hall–Kier alpha value is -2.62. The summed E-state index contributed by atoms with van der Waals surface area (Å²) in [6.07, 6.45) is 0. The van der Waals surface area contributed by atoms with Gasteiger partial charge in [-0.3, -0.25) is 9.59 Å². The highest BCUT2D eigenvalue weighted by Crippen LogP contribution is 2.16. The summed E-state index contributed by atoms with van der Waals surface area (Å²) in [5.74, 6) is 0.0949. The summed E-state index contributed by atoms with van der Waals surface area (Å²) in [6.45, 7) is 6.25. The predicted molar refractivity (Wildman–Crippen MR) is 94.2 cm³/mol. The Morgan fingerprint density at radius 3 is 2.00 bits per heavy atom. The summed E-state index contributed by atoms with van der Waals surface area (Å²) in [6, 6.07) is 15.2. The maximum Gasteiger partial charge on any atom is 0.254 e. The summed E-state index contributed by atoms with van der Waals surface area (Å²) >= 11 is 0. The highest BCUT2D eigenvalue weighted by atomic mass is 16.2. The number of nitrogens with zero attached hydrogens (tertiary/aromatic N) is 2. The molecule has 0 radical (unpaired) electrons. The second-order valence-corrected chi connectivity index (χ2v) is 6.27. The monoisotopic (exact) mass is 322 g/mol. The van der Waals surface area contributed by atoms with Crippen molar-refractivity contribution in [2.24, 2.45) is 0 Å². The fourth-order valence-corrected chi connectivity index (χ4v) is 3.01. The third kappa shape index (κ3) is 3.32. The molecule has 3 rings (SSSR count). The average molecular weight is 322 g/mol. The van der Waals surface area contributed by atoms with Gasteiger partial charge in [0.15, 0.2) is 0 Å². The Kier molecular flexibility index (Phi) is 4.65. The molecule has 2 aromatic rings. The van der Waals surface area contributed by atoms with E-state index in [0.29, 0.717) is 31.7 Å². The summed E-state index contributed by atoms with van der Waals surface area (Å²) in [4.78, 5) is 28.9. The standard InChI is InChI=1S/C20H22N2O2/c1-15-8-9-16(2)18(14-15)20(24)22-12-10-21(11-13-22)19(23)17-6-4-3-5-7-17/h3-9,14H,10-13H2,1-2H3. The number of benzene rings is 2. The minimum Gasteiger partial charge on any atom is -0.335 e. The molecule has 4 heteroatoms. The number of hydrogen-bond donors (Lipinski definition) is 0. The summed E-state index contributed by atoms with van der Waals surface area (Å²) in [5, 5.41) is 0. The summed E-state index contributed by atoms with van der Waals surface area (Å²) < 4.78 is 0. The van der Waals surface area contributed by atoms with E-state index in [1.807, 2.05) is 72.2 Å². The van der Waals surface area contributed by atoms with Crippen molar-refractivity contribution >= 4 is 11.8 Å². The lowest BCUT2D eigenvalue weighted by Crippen LogP contribution is -2.50. The molecule has 0 atom stereocenters. The Balaban J connectivity index is 1.66. The van der Waals surface area contributed by atoms with Crippen molar-refractivity contribution in [1.29, 1.82) is 0 Å². The number of amides is 2. The Morgan fingerprint density at radius 2 is 1.38 bits per heavy atom. The minimum absolute atomic E-state index is 0.0365. The first-order chi connectivity index (χ1) is 11.6. The van der Waals surface area contributed by atoms with Gasteiger partial charge < -0.3 is 9.80 Å². The van der Waals surface area contributed by atoms with Gasteiger partial charge in [-0.1, -0.05) is 35.9 Å². The molecule has 1 aliphatic heterocycles. The van der Waals surface area contributed by atoms with E-state index in [0.717, 1.165) is 16.7 Å². The highest BCUT2D eigenvalue weighted by Gasteiger charge is 2.26. The normalized spacial score (nSPS) is 14.6. The molecule has 4 nitrogen and oxygen atoms in total. The average Bonchev–Trinajstić information content (AvgIpc) is 2.63. The quantitative estimate of drug-likeness (QED) is 0.853. The maximum atomic E-state index is 12.7. The zero-order valence-corrected chi connectivity index (χ0v) is 14.2. The van der Waals surface area contributed by atoms with Gasteiger partial charge in [-0.2, -0.15) is 0 Å². The largest absolute Gasteiger partial charge is 0.335 e. The van der Waals surface area contributed by atoms with Gasteiger partial charge in [0.2, 0.25) is 0 Å². The first-order valence-corrected chi connectivity index (χ1v) is 8.27. The first kappa shape index (κ1) is 16.2. The van der Waals surface area contributed by atoms with Gasteiger partial charge in [0, 0.05) is 37.3 Å². The number of aryl methyl sites for hydroxylation is 2. The predicted octanol–water partition coefficient (Wildman–Crippen LogP) is 2.90. The third-order valence-electron chi connectivity index (χ3n) is 4.50. The molecule has 124 valence electrons. The molecule has 0 spiro atoms. The molecule has 0 saturated carbocycles. The molecule has 0 bridgehead atoms. The fraction of sp³-hybridized carbons (Fsp3) is 0.300. The molecule has 0 aliphatic carbocycles. The Labute approximate surface area is 142 Å². The molecule has 2 amide bonds. The number of carbonyl (C=O) groups excluding carboxylic acids is 2. The lowest BCUT2D eigenvalue weighted by Gasteiger charge is -2.35. The number of carbonyl (C=O) groups is 2. The van der Waals surface area contributed by atoms with Crippen molar-refractivity contribution in [3.05, 3.63) is 70.8 Å². The van der Waals surface area contributed by atoms with Crippen LogP contribution >= 0.6 is 0 Å². The van der Waals surface area contributed by atoms with Crippen LogP contribution in [0.15, 0.2) is 48.5 Å². The Bertz CT molecular complexity index is 747. The van der Waals surface area contributed by atoms with Crippen molar-refractivity contribution in [2.45, 2.75) is 13.8 Å². The second-order valence-electron chi connectivity index (χ2n) is 6.27. The molecule has 1 heterocycles. The molecule has 0 unspecified atom stereocenters. The van der Waals surface area contributed by atoms with Crippen LogP contribution in [0, 0.1) is 13.8 Å². The molecule has 0 N–H and O–H groups in total. The van der Waals surface area contributed by atoms with Gasteiger partial charge in [-0.15, -0.1) is 0 Å². The zero-order chi connectivity index (χ0) is 17.1. The maximum absolute atomic E-state index is 12.7. The van der Waals surface area contributed by atoms with Crippen LogP contribution in [0.2, 0.25) is 0 Å². The van der Waals surface area contributed by atoms with Crippen molar-refractivity contribution in [2.75, 3.05) is 26.2 Å². The first-order valence-electron chi connectivity index (χ1n) is 8.27. The molecule has 2 aromatic carbocycles. The SMILES string of the molecule is Cc1ccc(C)c(C(=O)N2CCN(C(=O)c3ccccc3)CC2)c1. The van der Waals surface area contributed by atoms with Crippen LogP contribution in [-0.4, -0.2) is 47.8 Å². The van der Waals surface area contributed by atoms with Gasteiger partial charge in [0.1, 0.15) is 0 Å². The van der Waals surface area contributed by atoms with E-state index in [1.54, 1.807) is 0 Å². The fourth-order valence-electron chi connectivity index (χ4n) is 3.01. The molecule has 1 aliphatic rings. The van der Waals surface area contributed by atoms with Crippen molar-refractivity contribution in [1.82, 2.24) is 9.80 Å². The van der Waals surface area contributed by atoms with Crippen LogP contribution in [-0.2, 0) is 0 Å². The van der Waals surface area contributed by atoms with E-state index in [-0.39, 0.29) is 11.8 Å². The molecule has 1 saturated heterocycles. The van der Waals surface area contributed by atoms with E-state index in [9.17, 15) is 9.59 Å². The van der Waals surface area contributed by atoms with Crippen LogP contribution in [0.1, 0.15) is 31.8 Å². The smallest absolute Gasteiger partial charge is 0.254 e. The van der Waals surface area contributed by atoms with Crippen LogP contribution in [0.25, 0.3) is 0 Å². The van der Waals surface area contributed by atoms with Crippen LogP contribution in [0.4, 0.5) is 0 Å². The van der Waals surface area contributed by atoms with Crippen LogP contribution in [0.5, 0.6) is 0 Å². The zero-order valence-electron chi connectivity index (χ0n) is 14.2. The third-order valence-corrected chi connectivity index (χ3v) is 4.50. The van der Waals surface area contributed by atoms with Crippen LogP contribution < -0.4 is 0 Å². The number of rotatable bonds is 2. The molecule has 24 heavy (non-hydrogen) atoms. The lowest BCUT2D eigenvalue weighted by atomic mass is 10.0.